The summed E-state index contributed by atoms with van der Waals surface area (Å²) in [4.78, 5) is 11.8. The molecule has 106 valence electrons. The van der Waals surface area contributed by atoms with E-state index in [1.807, 2.05) is 6.92 Å². The minimum Gasteiger partial charge on any atom is -0.348 e. The Kier molecular flexibility index (Phi) is 5.89. The number of carbonyl (C=O) groups excluding carboxylic acids is 1. The SMILES string of the molecule is CCCC[C@H](N)C(=O)NC(C)c1c(F)cccc1F. The molecule has 0 heterocycles. The molecule has 0 saturated carbocycles. The van der Waals surface area contributed by atoms with Crippen LogP contribution in [0.1, 0.15) is 44.7 Å². The third-order valence-electron chi connectivity index (χ3n) is 3.00. The largest absolute Gasteiger partial charge is 0.348 e. The summed E-state index contributed by atoms with van der Waals surface area (Å²) < 4.78 is 27.1. The van der Waals surface area contributed by atoms with Crippen molar-refractivity contribution < 1.29 is 13.6 Å². The number of halogens is 2. The Hall–Kier alpha value is -1.49. The van der Waals surface area contributed by atoms with Gasteiger partial charge < -0.3 is 11.1 Å². The molecule has 0 radical (unpaired) electrons. The molecule has 0 spiro atoms. The fraction of sp³-hybridized carbons (Fsp3) is 0.500. The van der Waals surface area contributed by atoms with Gasteiger partial charge >= 0.3 is 0 Å². The van der Waals surface area contributed by atoms with Crippen LogP contribution in [-0.4, -0.2) is 11.9 Å². The molecule has 0 bridgehead atoms. The minimum absolute atomic E-state index is 0.140. The first-order valence-electron chi connectivity index (χ1n) is 6.47. The highest BCUT2D eigenvalue weighted by Crippen LogP contribution is 2.20. The van der Waals surface area contributed by atoms with Crippen LogP contribution in [0, 0.1) is 11.6 Å². The second-order valence-corrected chi connectivity index (χ2v) is 4.61. The lowest BCUT2D eigenvalue weighted by Gasteiger charge is -2.18. The average Bonchev–Trinajstić information content (AvgIpc) is 2.35. The van der Waals surface area contributed by atoms with E-state index in [2.05, 4.69) is 5.32 Å². The van der Waals surface area contributed by atoms with Crippen molar-refractivity contribution in [3.8, 4) is 0 Å². The van der Waals surface area contributed by atoms with Gasteiger partial charge in [-0.25, -0.2) is 8.78 Å². The Morgan fingerprint density at radius 2 is 1.95 bits per heavy atom. The van der Waals surface area contributed by atoms with E-state index in [0.717, 1.165) is 25.0 Å². The maximum absolute atomic E-state index is 13.5. The predicted octanol–water partition coefficient (Wildman–Crippen LogP) is 2.66. The molecule has 5 heteroatoms. The molecule has 1 aromatic rings. The molecule has 0 fully saturated rings. The smallest absolute Gasteiger partial charge is 0.237 e. The van der Waals surface area contributed by atoms with Gasteiger partial charge in [0.15, 0.2) is 0 Å². The van der Waals surface area contributed by atoms with E-state index < -0.39 is 23.7 Å². The molecule has 0 aromatic heterocycles. The van der Waals surface area contributed by atoms with Crippen molar-refractivity contribution in [2.45, 2.75) is 45.2 Å². The zero-order valence-electron chi connectivity index (χ0n) is 11.2. The molecule has 3 nitrogen and oxygen atoms in total. The number of carbonyl (C=O) groups is 1. The number of amides is 1. The van der Waals surface area contributed by atoms with E-state index in [0.29, 0.717) is 6.42 Å². The van der Waals surface area contributed by atoms with Crippen LogP contribution in [0.4, 0.5) is 8.78 Å². The molecule has 0 aliphatic heterocycles. The van der Waals surface area contributed by atoms with Crippen LogP contribution in [0.5, 0.6) is 0 Å². The number of rotatable bonds is 6. The zero-order valence-corrected chi connectivity index (χ0v) is 11.2. The number of hydrogen-bond acceptors (Lipinski definition) is 2. The highest BCUT2D eigenvalue weighted by Gasteiger charge is 2.20. The van der Waals surface area contributed by atoms with Crippen molar-refractivity contribution in [1.82, 2.24) is 5.32 Å². The molecule has 1 unspecified atom stereocenters. The fourth-order valence-electron chi connectivity index (χ4n) is 1.87. The zero-order chi connectivity index (χ0) is 14.4. The van der Waals surface area contributed by atoms with E-state index in [4.69, 9.17) is 5.73 Å². The lowest BCUT2D eigenvalue weighted by molar-refractivity contribution is -0.123. The first kappa shape index (κ1) is 15.6. The van der Waals surface area contributed by atoms with E-state index >= 15 is 0 Å². The molecule has 1 rings (SSSR count). The Labute approximate surface area is 112 Å². The van der Waals surface area contributed by atoms with Crippen LogP contribution >= 0.6 is 0 Å². The van der Waals surface area contributed by atoms with Crippen molar-refractivity contribution in [1.29, 1.82) is 0 Å². The van der Waals surface area contributed by atoms with E-state index in [1.165, 1.54) is 13.0 Å². The number of benzene rings is 1. The normalized spacial score (nSPS) is 13.9. The fourth-order valence-corrected chi connectivity index (χ4v) is 1.87. The molecular weight excluding hydrogens is 250 g/mol. The number of unbranched alkanes of at least 4 members (excludes halogenated alkanes) is 1. The molecule has 0 saturated heterocycles. The average molecular weight is 270 g/mol. The molecule has 2 atom stereocenters. The minimum atomic E-state index is -0.749. The highest BCUT2D eigenvalue weighted by atomic mass is 19.1. The first-order chi connectivity index (χ1) is 8.97. The van der Waals surface area contributed by atoms with Gasteiger partial charge in [-0.05, 0) is 25.5 Å². The van der Waals surface area contributed by atoms with Crippen LogP contribution in [0.15, 0.2) is 18.2 Å². The summed E-state index contributed by atoms with van der Waals surface area (Å²) in [6.45, 7) is 3.54. The molecular formula is C14H20F2N2O. The summed E-state index contributed by atoms with van der Waals surface area (Å²) in [5.74, 6) is -1.73. The third-order valence-corrected chi connectivity index (χ3v) is 3.00. The maximum atomic E-state index is 13.5. The number of nitrogens with one attached hydrogen (secondary N) is 1. The second-order valence-electron chi connectivity index (χ2n) is 4.61. The lowest BCUT2D eigenvalue weighted by atomic mass is 10.1. The first-order valence-corrected chi connectivity index (χ1v) is 6.47. The van der Waals surface area contributed by atoms with Crippen LogP contribution in [0.2, 0.25) is 0 Å². The van der Waals surface area contributed by atoms with Gasteiger partial charge in [-0.1, -0.05) is 25.8 Å². The summed E-state index contributed by atoms with van der Waals surface area (Å²) in [6, 6.07) is 2.23. The Morgan fingerprint density at radius 1 is 1.37 bits per heavy atom. The van der Waals surface area contributed by atoms with Gasteiger partial charge in [-0.15, -0.1) is 0 Å². The Morgan fingerprint density at radius 3 is 2.47 bits per heavy atom. The lowest BCUT2D eigenvalue weighted by Crippen LogP contribution is -2.41. The summed E-state index contributed by atoms with van der Waals surface area (Å²) >= 11 is 0. The molecule has 1 amide bonds. The van der Waals surface area contributed by atoms with Gasteiger partial charge in [0.05, 0.1) is 12.1 Å². The van der Waals surface area contributed by atoms with Gasteiger partial charge in [0, 0.05) is 5.56 Å². The number of hydrogen-bond donors (Lipinski definition) is 2. The van der Waals surface area contributed by atoms with Crippen molar-refractivity contribution in [3.05, 3.63) is 35.4 Å². The quantitative estimate of drug-likeness (QED) is 0.835. The van der Waals surface area contributed by atoms with E-state index in [1.54, 1.807) is 0 Å². The maximum Gasteiger partial charge on any atom is 0.237 e. The van der Waals surface area contributed by atoms with Crippen molar-refractivity contribution in [2.75, 3.05) is 0 Å². The summed E-state index contributed by atoms with van der Waals surface area (Å²) in [7, 11) is 0. The van der Waals surface area contributed by atoms with E-state index in [-0.39, 0.29) is 11.5 Å². The Bertz CT molecular complexity index is 417. The van der Waals surface area contributed by atoms with Crippen molar-refractivity contribution in [3.63, 3.8) is 0 Å². The monoisotopic (exact) mass is 270 g/mol. The summed E-state index contributed by atoms with van der Waals surface area (Å²) in [6.07, 6.45) is 2.35. The predicted molar refractivity (Wildman–Crippen MR) is 70.4 cm³/mol. The van der Waals surface area contributed by atoms with Crippen LogP contribution in [-0.2, 0) is 4.79 Å². The van der Waals surface area contributed by atoms with Gasteiger partial charge in [-0.2, -0.15) is 0 Å². The molecule has 3 N–H and O–H groups in total. The summed E-state index contributed by atoms with van der Waals surface area (Å²) in [5.41, 5.74) is 5.57. The van der Waals surface area contributed by atoms with Gasteiger partial charge in [-0.3, -0.25) is 4.79 Å². The standard InChI is InChI=1S/C14H20F2N2O/c1-3-4-8-12(17)14(19)18-9(2)13-10(15)6-5-7-11(13)16/h5-7,9,12H,3-4,8,17H2,1-2H3,(H,18,19)/t9?,12-/m0/s1. The Balaban J connectivity index is 2.69. The summed E-state index contributed by atoms with van der Waals surface area (Å²) in [5, 5.41) is 2.54. The van der Waals surface area contributed by atoms with Gasteiger partial charge in [0.2, 0.25) is 5.91 Å². The third kappa shape index (κ3) is 4.28. The number of nitrogens with two attached hydrogens (primary N) is 1. The molecule has 1 aromatic carbocycles. The van der Waals surface area contributed by atoms with Crippen molar-refractivity contribution in [2.24, 2.45) is 5.73 Å². The van der Waals surface area contributed by atoms with Crippen LogP contribution in [0.3, 0.4) is 0 Å². The topological polar surface area (TPSA) is 55.1 Å². The van der Waals surface area contributed by atoms with Gasteiger partial charge in [0.25, 0.3) is 0 Å². The second kappa shape index (κ2) is 7.19. The molecule has 0 aliphatic carbocycles. The van der Waals surface area contributed by atoms with Crippen molar-refractivity contribution >= 4 is 5.91 Å². The van der Waals surface area contributed by atoms with Crippen LogP contribution < -0.4 is 11.1 Å². The highest BCUT2D eigenvalue weighted by molar-refractivity contribution is 5.81. The van der Waals surface area contributed by atoms with Crippen LogP contribution in [0.25, 0.3) is 0 Å². The van der Waals surface area contributed by atoms with Gasteiger partial charge in [0.1, 0.15) is 11.6 Å². The van der Waals surface area contributed by atoms with E-state index in [9.17, 15) is 13.6 Å². The molecule has 19 heavy (non-hydrogen) atoms. The molecule has 0 aliphatic rings.